The smallest absolute Gasteiger partial charge is 0.253 e. The molecule has 0 aromatic heterocycles. The Morgan fingerprint density at radius 2 is 1.82 bits per heavy atom. The molecule has 0 aliphatic rings. The fourth-order valence-corrected chi connectivity index (χ4v) is 3.55. The van der Waals surface area contributed by atoms with Gasteiger partial charge in [0, 0.05) is 12.0 Å². The highest BCUT2D eigenvalue weighted by Gasteiger charge is 2.14. The molecule has 0 radical (unpaired) electrons. The average molecular weight is 488 g/mol. The number of rotatable bonds is 10. The Labute approximate surface area is 204 Å². The molecule has 0 spiro atoms. The van der Waals surface area contributed by atoms with E-state index in [1.165, 1.54) is 7.11 Å². The average Bonchev–Trinajstić information content (AvgIpc) is 2.75. The lowest BCUT2D eigenvalue weighted by molar-refractivity contribution is -0.117. The van der Waals surface area contributed by atoms with Gasteiger partial charge in [0.15, 0.2) is 0 Å². The van der Waals surface area contributed by atoms with Crippen molar-refractivity contribution in [3.05, 3.63) is 58.1 Å². The molecule has 0 unspecified atom stereocenters. The number of hydrogen-bond acceptors (Lipinski definition) is 6. The number of anilines is 1. The third-order valence-electron chi connectivity index (χ3n) is 4.67. The van der Waals surface area contributed by atoms with Crippen LogP contribution in [0.3, 0.4) is 0 Å². The van der Waals surface area contributed by atoms with Crippen molar-refractivity contribution in [2.24, 2.45) is 15.9 Å². The Morgan fingerprint density at radius 1 is 1.15 bits per heavy atom. The fourth-order valence-electron chi connectivity index (χ4n) is 3.21. The molecule has 3 N–H and O–H groups in total. The minimum Gasteiger partial charge on any atom is -0.497 e. The lowest BCUT2D eigenvalue weighted by atomic mass is 10.1. The van der Waals surface area contributed by atoms with Gasteiger partial charge in [-0.05, 0) is 62.5 Å². The molecule has 2 amide bonds. The number of methoxy groups -OCH3 is 1. The first kappa shape index (κ1) is 26.8. The number of carbonyl (C=O) groups excluding carboxylic acids is 2. The Kier molecular flexibility index (Phi) is 10.0. The maximum absolute atomic E-state index is 12.5. The van der Waals surface area contributed by atoms with Crippen molar-refractivity contribution in [3.8, 4) is 5.75 Å². The van der Waals surface area contributed by atoms with Gasteiger partial charge in [-0.2, -0.15) is 0 Å². The van der Waals surface area contributed by atoms with E-state index in [0.717, 1.165) is 11.1 Å². The summed E-state index contributed by atoms with van der Waals surface area (Å²) in [5.41, 5.74) is 9.25. The molecule has 0 heterocycles. The number of carbonyl (C=O) groups is 2. The van der Waals surface area contributed by atoms with E-state index in [2.05, 4.69) is 15.5 Å². The highest BCUT2D eigenvalue weighted by molar-refractivity contribution is 6.34. The van der Waals surface area contributed by atoms with Crippen LogP contribution in [0, 0.1) is 6.92 Å². The van der Waals surface area contributed by atoms with Crippen molar-refractivity contribution in [3.63, 3.8) is 0 Å². The minimum absolute atomic E-state index is 0.0858. The van der Waals surface area contributed by atoms with Crippen LogP contribution < -0.4 is 15.8 Å². The van der Waals surface area contributed by atoms with Crippen molar-refractivity contribution in [2.45, 2.75) is 19.8 Å². The molecule has 0 fully saturated rings. The maximum atomic E-state index is 12.5. The number of amides is 2. The number of ether oxygens (including phenoxy) is 1. The molecule has 0 aliphatic carbocycles. The lowest BCUT2D eigenvalue weighted by Gasteiger charge is -2.14. The Morgan fingerprint density at radius 3 is 2.38 bits per heavy atom. The molecule has 9 nitrogen and oxygen atoms in total. The van der Waals surface area contributed by atoms with Crippen LogP contribution in [-0.2, 0) is 20.8 Å². The molecular formula is C24H30ClN5O4. The number of amidine groups is 1. The van der Waals surface area contributed by atoms with Crippen molar-refractivity contribution < 1.29 is 19.2 Å². The zero-order valence-corrected chi connectivity index (χ0v) is 20.8. The number of nitrogens with two attached hydrogens (primary N) is 1. The molecule has 10 heteroatoms. The predicted octanol–water partition coefficient (Wildman–Crippen LogP) is 3.02. The second-order valence-electron chi connectivity index (χ2n) is 7.85. The van der Waals surface area contributed by atoms with E-state index in [1.54, 1.807) is 42.3 Å². The van der Waals surface area contributed by atoms with Crippen molar-refractivity contribution >= 4 is 40.6 Å². The number of hydrogen-bond donors (Lipinski definition) is 2. The van der Waals surface area contributed by atoms with Crippen LogP contribution >= 0.6 is 11.6 Å². The largest absolute Gasteiger partial charge is 0.497 e. The Hall–Kier alpha value is -3.43. The molecule has 0 atom stereocenters. The minimum atomic E-state index is -0.459. The first-order chi connectivity index (χ1) is 16.1. The molecule has 0 bridgehead atoms. The standard InChI is InChI=1S/C24H30ClN5O4/c1-15-10-16(11-19(25)24(15)28-23(32)14-30(2)3)12-21(26)27-22(31)13-20(29-34-5)17-6-8-18(33-4)9-7-17/h6-11H,12-14H2,1-5H3,(H,28,32)(H2,26,27,31)/b29-20+. The number of oxime groups is 1. The van der Waals surface area contributed by atoms with Crippen LogP contribution in [0.2, 0.25) is 5.02 Å². The van der Waals surface area contributed by atoms with Crippen LogP contribution in [0.1, 0.15) is 23.1 Å². The first-order valence-corrected chi connectivity index (χ1v) is 10.8. The molecule has 0 saturated carbocycles. The van der Waals surface area contributed by atoms with E-state index in [9.17, 15) is 9.59 Å². The number of halogens is 1. The number of benzene rings is 2. The van der Waals surface area contributed by atoms with E-state index in [4.69, 9.17) is 26.9 Å². The SMILES string of the molecule is CO/N=C(\CC(=O)N=C(N)Cc1cc(C)c(NC(=O)CN(C)C)c(Cl)c1)c1ccc(OC)cc1. The summed E-state index contributed by atoms with van der Waals surface area (Å²) in [7, 11) is 6.59. The molecule has 34 heavy (non-hydrogen) atoms. The normalized spacial score (nSPS) is 12.0. The number of nitrogens with one attached hydrogen (secondary N) is 1. The van der Waals surface area contributed by atoms with Gasteiger partial charge in [-0.3, -0.25) is 9.59 Å². The van der Waals surface area contributed by atoms with Crippen LogP contribution in [0.4, 0.5) is 5.69 Å². The van der Waals surface area contributed by atoms with Gasteiger partial charge >= 0.3 is 0 Å². The summed E-state index contributed by atoms with van der Waals surface area (Å²) in [5.74, 6) is 0.196. The van der Waals surface area contributed by atoms with E-state index < -0.39 is 5.91 Å². The van der Waals surface area contributed by atoms with Crippen molar-refractivity contribution in [1.29, 1.82) is 0 Å². The van der Waals surface area contributed by atoms with E-state index in [0.29, 0.717) is 27.7 Å². The molecular weight excluding hydrogens is 458 g/mol. The zero-order valence-electron chi connectivity index (χ0n) is 20.0. The molecule has 182 valence electrons. The Bertz CT molecular complexity index is 1060. The van der Waals surface area contributed by atoms with E-state index in [-0.39, 0.29) is 31.1 Å². The predicted molar refractivity (Wildman–Crippen MR) is 135 cm³/mol. The van der Waals surface area contributed by atoms with Crippen LogP contribution in [0.25, 0.3) is 0 Å². The molecule has 2 rings (SSSR count). The topological polar surface area (TPSA) is 119 Å². The molecule has 2 aromatic rings. The summed E-state index contributed by atoms with van der Waals surface area (Å²) in [6.07, 6.45) is 0.134. The second kappa shape index (κ2) is 12.7. The van der Waals surface area contributed by atoms with Gasteiger partial charge in [-0.25, -0.2) is 4.99 Å². The highest BCUT2D eigenvalue weighted by Crippen LogP contribution is 2.28. The van der Waals surface area contributed by atoms with Crippen LogP contribution in [0.15, 0.2) is 46.5 Å². The van der Waals surface area contributed by atoms with Gasteiger partial charge in [0.2, 0.25) is 5.91 Å². The molecule has 2 aromatic carbocycles. The van der Waals surface area contributed by atoms with Crippen molar-refractivity contribution in [1.82, 2.24) is 4.90 Å². The van der Waals surface area contributed by atoms with E-state index in [1.807, 2.05) is 27.1 Å². The summed E-state index contributed by atoms with van der Waals surface area (Å²) >= 11 is 6.38. The monoisotopic (exact) mass is 487 g/mol. The van der Waals surface area contributed by atoms with Gasteiger partial charge in [0.1, 0.15) is 18.7 Å². The van der Waals surface area contributed by atoms with Gasteiger partial charge in [-0.15, -0.1) is 0 Å². The van der Waals surface area contributed by atoms with Gasteiger partial charge in [0.25, 0.3) is 5.91 Å². The first-order valence-electron chi connectivity index (χ1n) is 10.5. The highest BCUT2D eigenvalue weighted by atomic mass is 35.5. The van der Waals surface area contributed by atoms with Gasteiger partial charge in [0.05, 0.1) is 36.5 Å². The fraction of sp³-hybridized carbons (Fsp3) is 0.333. The zero-order chi connectivity index (χ0) is 25.3. The van der Waals surface area contributed by atoms with Gasteiger partial charge in [-0.1, -0.05) is 22.8 Å². The molecule has 0 saturated heterocycles. The summed E-state index contributed by atoms with van der Waals surface area (Å²) in [5, 5.41) is 7.15. The lowest BCUT2D eigenvalue weighted by Crippen LogP contribution is -2.27. The number of aliphatic imine (C=N–C) groups is 1. The third kappa shape index (κ3) is 8.17. The number of nitrogens with zero attached hydrogens (tertiary/aromatic N) is 3. The van der Waals surface area contributed by atoms with Crippen molar-refractivity contribution in [2.75, 3.05) is 40.2 Å². The third-order valence-corrected chi connectivity index (χ3v) is 4.97. The van der Waals surface area contributed by atoms with Gasteiger partial charge < -0.3 is 25.5 Å². The van der Waals surface area contributed by atoms with E-state index >= 15 is 0 Å². The number of aryl methyl sites for hydroxylation is 1. The van der Waals surface area contributed by atoms with Crippen LogP contribution in [0.5, 0.6) is 5.75 Å². The Balaban J connectivity index is 2.10. The quantitative estimate of drug-likeness (QED) is 0.302. The van der Waals surface area contributed by atoms with Crippen LogP contribution in [-0.4, -0.2) is 63.1 Å². The summed E-state index contributed by atoms with van der Waals surface area (Å²) in [6, 6.07) is 10.6. The maximum Gasteiger partial charge on any atom is 0.253 e. The summed E-state index contributed by atoms with van der Waals surface area (Å²) < 4.78 is 5.15. The second-order valence-corrected chi connectivity index (χ2v) is 8.26. The summed E-state index contributed by atoms with van der Waals surface area (Å²) in [6.45, 7) is 2.08. The summed E-state index contributed by atoms with van der Waals surface area (Å²) in [4.78, 5) is 35.2. The number of likely N-dealkylation sites (N-methyl/N-ethyl adjacent to an activating group) is 1. The molecule has 0 aliphatic heterocycles.